The lowest BCUT2D eigenvalue weighted by Gasteiger charge is -2.05. The Morgan fingerprint density at radius 1 is 1.16 bits per heavy atom. The molecule has 0 atom stereocenters. The number of carbonyl (C=O) groups excluding carboxylic acids is 1. The number of nitrogens with zero attached hydrogens (tertiary/aromatic N) is 7. The van der Waals surface area contributed by atoms with Gasteiger partial charge in [-0.1, -0.05) is 17.3 Å². The number of benzene rings is 1. The highest BCUT2D eigenvalue weighted by atomic mass is 16.5. The van der Waals surface area contributed by atoms with Crippen molar-refractivity contribution in [2.24, 2.45) is 0 Å². The Morgan fingerprint density at radius 3 is 2.74 bits per heavy atom. The van der Waals surface area contributed by atoms with Crippen LogP contribution in [0.3, 0.4) is 0 Å². The minimum atomic E-state index is -0.445. The van der Waals surface area contributed by atoms with Crippen molar-refractivity contribution in [3.8, 4) is 28.7 Å². The van der Waals surface area contributed by atoms with Gasteiger partial charge in [-0.2, -0.15) is 5.26 Å². The first-order valence-electron chi connectivity index (χ1n) is 9.14. The van der Waals surface area contributed by atoms with E-state index in [1.54, 1.807) is 47.3 Å². The van der Waals surface area contributed by atoms with Gasteiger partial charge in [0, 0.05) is 11.8 Å². The summed E-state index contributed by atoms with van der Waals surface area (Å²) in [6, 6.07) is 14.3. The van der Waals surface area contributed by atoms with Crippen molar-refractivity contribution < 1.29 is 9.53 Å². The molecule has 0 saturated heterocycles. The van der Waals surface area contributed by atoms with Gasteiger partial charge >= 0.3 is 5.97 Å². The summed E-state index contributed by atoms with van der Waals surface area (Å²) in [7, 11) is 1.32. The summed E-state index contributed by atoms with van der Waals surface area (Å²) in [6.45, 7) is 0.353. The number of methoxy groups -OCH3 is 1. The minimum absolute atomic E-state index is 0.0875. The third-order valence-electron chi connectivity index (χ3n) is 4.40. The fourth-order valence-electron chi connectivity index (χ4n) is 2.91. The first-order chi connectivity index (χ1) is 15.1. The number of carbonyl (C=O) groups is 1. The van der Waals surface area contributed by atoms with E-state index in [-0.39, 0.29) is 5.95 Å². The predicted octanol–water partition coefficient (Wildman–Crippen LogP) is 2.09. The average molecular weight is 412 g/mol. The highest BCUT2D eigenvalue weighted by molar-refractivity contribution is 5.88. The van der Waals surface area contributed by atoms with Gasteiger partial charge in [0.15, 0.2) is 0 Å². The molecule has 0 unspecified atom stereocenters. The zero-order valence-electron chi connectivity index (χ0n) is 16.4. The first kappa shape index (κ1) is 19.7. The number of rotatable bonds is 5. The number of nitrogen functional groups attached to an aromatic ring is 1. The fourth-order valence-corrected chi connectivity index (χ4v) is 2.91. The summed E-state index contributed by atoms with van der Waals surface area (Å²) in [4.78, 5) is 24.3. The van der Waals surface area contributed by atoms with Crippen molar-refractivity contribution in [1.29, 1.82) is 5.26 Å². The maximum atomic E-state index is 11.5. The first-order valence-corrected chi connectivity index (χ1v) is 9.14. The lowest BCUT2D eigenvalue weighted by Crippen LogP contribution is -2.05. The normalized spacial score (nSPS) is 10.5. The van der Waals surface area contributed by atoms with Crippen LogP contribution in [0.5, 0.6) is 0 Å². The second-order valence-electron chi connectivity index (χ2n) is 6.52. The molecule has 10 heteroatoms. The minimum Gasteiger partial charge on any atom is -0.465 e. The quantitative estimate of drug-likeness (QED) is 0.487. The molecule has 0 aliphatic rings. The third kappa shape index (κ3) is 4.35. The number of nitriles is 1. The maximum absolute atomic E-state index is 11.5. The molecule has 0 aliphatic carbocycles. The number of pyridine rings is 1. The Labute approximate surface area is 177 Å². The Balaban J connectivity index is 1.58. The van der Waals surface area contributed by atoms with Crippen LogP contribution in [0.25, 0.3) is 22.6 Å². The van der Waals surface area contributed by atoms with Crippen molar-refractivity contribution in [2.45, 2.75) is 6.54 Å². The SMILES string of the molecule is COC(=O)c1ccc(Cn2cc(-c3cc(-c4cccc(C#N)c4)nc(N)n3)nn2)nc1. The molecule has 31 heavy (non-hydrogen) atoms. The van der Waals surface area contributed by atoms with E-state index in [1.807, 2.05) is 6.07 Å². The van der Waals surface area contributed by atoms with Gasteiger partial charge in [-0.3, -0.25) is 4.98 Å². The number of hydrogen-bond donors (Lipinski definition) is 1. The van der Waals surface area contributed by atoms with Crippen molar-refractivity contribution in [3.05, 3.63) is 71.7 Å². The number of nitrogens with two attached hydrogens (primary N) is 1. The molecule has 0 saturated carbocycles. The van der Waals surface area contributed by atoms with Crippen molar-refractivity contribution in [3.63, 3.8) is 0 Å². The molecule has 0 fully saturated rings. The number of aromatic nitrogens is 6. The molecule has 0 bridgehead atoms. The van der Waals surface area contributed by atoms with E-state index in [0.29, 0.717) is 40.4 Å². The smallest absolute Gasteiger partial charge is 0.339 e. The van der Waals surface area contributed by atoms with Crippen LogP contribution >= 0.6 is 0 Å². The third-order valence-corrected chi connectivity index (χ3v) is 4.40. The summed E-state index contributed by atoms with van der Waals surface area (Å²) < 4.78 is 6.27. The van der Waals surface area contributed by atoms with Gasteiger partial charge in [-0.05, 0) is 30.3 Å². The average Bonchev–Trinajstić information content (AvgIpc) is 3.27. The van der Waals surface area contributed by atoms with Crippen molar-refractivity contribution in [1.82, 2.24) is 29.9 Å². The predicted molar refractivity (Wildman–Crippen MR) is 110 cm³/mol. The summed E-state index contributed by atoms with van der Waals surface area (Å²) in [5.41, 5.74) is 9.82. The standard InChI is InChI=1S/C21H16N8O2/c1-31-20(30)15-5-6-16(24-10-15)11-29-12-19(27-28-29)18-8-17(25-21(23)26-18)14-4-2-3-13(7-14)9-22/h2-8,10,12H,11H2,1H3,(H2,23,25,26). The van der Waals surface area contributed by atoms with Crippen molar-refractivity contribution >= 4 is 11.9 Å². The molecular weight excluding hydrogens is 396 g/mol. The van der Waals surface area contributed by atoms with E-state index in [4.69, 9.17) is 11.0 Å². The molecule has 4 rings (SSSR count). The molecule has 3 aromatic heterocycles. The number of ether oxygens (including phenoxy) is 1. The fraction of sp³-hybridized carbons (Fsp3) is 0.0952. The number of anilines is 1. The largest absolute Gasteiger partial charge is 0.465 e. The van der Waals surface area contributed by atoms with E-state index in [9.17, 15) is 4.79 Å². The molecule has 3 heterocycles. The second kappa shape index (κ2) is 8.38. The van der Waals surface area contributed by atoms with E-state index in [2.05, 4.69) is 36.1 Å². The van der Waals surface area contributed by atoms with Crippen LogP contribution in [-0.2, 0) is 11.3 Å². The monoisotopic (exact) mass is 412 g/mol. The molecule has 152 valence electrons. The lowest BCUT2D eigenvalue weighted by molar-refractivity contribution is 0.0600. The Morgan fingerprint density at radius 2 is 2.00 bits per heavy atom. The van der Waals surface area contributed by atoms with Crippen LogP contribution in [-0.4, -0.2) is 43.0 Å². The summed E-state index contributed by atoms with van der Waals surface area (Å²) in [6.07, 6.45) is 3.17. The highest BCUT2D eigenvalue weighted by Gasteiger charge is 2.12. The van der Waals surface area contributed by atoms with Crippen LogP contribution in [0, 0.1) is 11.3 Å². The van der Waals surface area contributed by atoms with Crippen LogP contribution in [0.2, 0.25) is 0 Å². The van der Waals surface area contributed by atoms with Crippen LogP contribution in [0.1, 0.15) is 21.6 Å². The number of hydrogen-bond acceptors (Lipinski definition) is 9. The maximum Gasteiger partial charge on any atom is 0.339 e. The summed E-state index contributed by atoms with van der Waals surface area (Å²) >= 11 is 0. The van der Waals surface area contributed by atoms with Gasteiger partial charge in [-0.25, -0.2) is 19.4 Å². The Hall–Kier alpha value is -4.65. The van der Waals surface area contributed by atoms with E-state index in [1.165, 1.54) is 13.3 Å². The van der Waals surface area contributed by atoms with E-state index >= 15 is 0 Å². The van der Waals surface area contributed by atoms with Crippen LogP contribution < -0.4 is 5.73 Å². The molecule has 4 aromatic rings. The molecule has 0 aliphatic heterocycles. The molecule has 0 amide bonds. The van der Waals surface area contributed by atoms with Crippen molar-refractivity contribution in [2.75, 3.05) is 12.8 Å². The number of esters is 1. The van der Waals surface area contributed by atoms with Gasteiger partial charge in [0.1, 0.15) is 5.69 Å². The van der Waals surface area contributed by atoms with E-state index < -0.39 is 5.97 Å². The summed E-state index contributed by atoms with van der Waals surface area (Å²) in [5, 5.41) is 17.4. The zero-order valence-corrected chi connectivity index (χ0v) is 16.4. The topological polar surface area (TPSA) is 145 Å². The van der Waals surface area contributed by atoms with Crippen LogP contribution in [0.4, 0.5) is 5.95 Å². The molecule has 2 N–H and O–H groups in total. The molecule has 0 radical (unpaired) electrons. The van der Waals surface area contributed by atoms with Gasteiger partial charge in [0.05, 0.1) is 54.1 Å². The van der Waals surface area contributed by atoms with Gasteiger partial charge in [0.25, 0.3) is 0 Å². The highest BCUT2D eigenvalue weighted by Crippen LogP contribution is 2.24. The van der Waals surface area contributed by atoms with Gasteiger partial charge in [0.2, 0.25) is 5.95 Å². The van der Waals surface area contributed by atoms with Crippen LogP contribution in [0.15, 0.2) is 54.9 Å². The van der Waals surface area contributed by atoms with Gasteiger partial charge in [-0.15, -0.1) is 5.10 Å². The van der Waals surface area contributed by atoms with E-state index in [0.717, 1.165) is 5.56 Å². The molecular formula is C21H16N8O2. The zero-order chi connectivity index (χ0) is 21.8. The van der Waals surface area contributed by atoms with Gasteiger partial charge < -0.3 is 10.5 Å². The summed E-state index contributed by atoms with van der Waals surface area (Å²) in [5.74, 6) is -0.357. The Kier molecular flexibility index (Phi) is 5.31. The Bertz CT molecular complexity index is 1290. The second-order valence-corrected chi connectivity index (χ2v) is 6.52. The molecule has 10 nitrogen and oxygen atoms in total. The molecule has 1 aromatic carbocycles. The molecule has 0 spiro atoms. The lowest BCUT2D eigenvalue weighted by atomic mass is 10.1.